The molecule has 9 atom stereocenters. The third kappa shape index (κ3) is 13.2. The van der Waals surface area contributed by atoms with E-state index in [1.165, 1.54) is 38.0 Å². The van der Waals surface area contributed by atoms with Gasteiger partial charge in [0.15, 0.2) is 23.7 Å². The molecule has 2 aliphatic rings. The van der Waals surface area contributed by atoms with Crippen molar-refractivity contribution in [1.29, 1.82) is 0 Å². The number of phosphoric ester groups is 1. The molecule has 15 N–H and O–H groups in total. The lowest BCUT2D eigenvalue weighted by Crippen LogP contribution is -2.46. The highest BCUT2D eigenvalue weighted by Gasteiger charge is 2.48. The Labute approximate surface area is 316 Å². The summed E-state index contributed by atoms with van der Waals surface area (Å²) >= 11 is 0. The predicted molar refractivity (Wildman–Crippen MR) is 165 cm³/mol. The number of imidazole rings is 2. The fraction of sp³-hybridized carbons (Fsp3) is 0.545. The summed E-state index contributed by atoms with van der Waals surface area (Å²) in [5.41, 5.74) is 11.5. The van der Waals surface area contributed by atoms with E-state index >= 15 is 0 Å². The van der Waals surface area contributed by atoms with Crippen molar-refractivity contribution in [3.8, 4) is 11.8 Å². The molecule has 32 nitrogen and oxygen atoms in total. The Kier molecular flexibility index (Phi) is 16.4. The number of ether oxygens (including phenoxy) is 2. The molecule has 6 rings (SSSR count). The van der Waals surface area contributed by atoms with Gasteiger partial charge in [-0.25, -0.2) is 19.1 Å². The highest BCUT2D eigenvalue weighted by atomic mass is 31.2. The van der Waals surface area contributed by atoms with E-state index < -0.39 is 97.5 Å². The largest absolute Gasteiger partial charge is 0.856 e. The van der Waals surface area contributed by atoms with E-state index in [0.717, 1.165) is 0 Å². The first-order chi connectivity index (χ1) is 25.5. The van der Waals surface area contributed by atoms with Gasteiger partial charge in [0.1, 0.15) is 36.6 Å². The van der Waals surface area contributed by atoms with Crippen LogP contribution in [0.5, 0.6) is 11.8 Å². The predicted octanol–water partition coefficient (Wildman–Crippen LogP) is -12.0. The smallest absolute Gasteiger partial charge is 0.309 e. The third-order valence-electron chi connectivity index (χ3n) is 7.30. The van der Waals surface area contributed by atoms with Crippen LogP contribution in [0.4, 0.5) is 11.9 Å². The molecule has 4 aromatic heterocycles. The normalized spacial score (nSPS) is 25.7. The molecular formula is C22H35N10O22P3-4. The maximum absolute atomic E-state index is 11.9. The maximum atomic E-state index is 11.9. The Morgan fingerprint density at radius 1 is 0.737 bits per heavy atom. The van der Waals surface area contributed by atoms with Gasteiger partial charge in [-0.1, -0.05) is 9.97 Å². The van der Waals surface area contributed by atoms with E-state index in [2.05, 4.69) is 24.5 Å². The lowest BCUT2D eigenvalue weighted by atomic mass is 10.1. The van der Waals surface area contributed by atoms with Gasteiger partial charge in [0, 0.05) is 11.8 Å². The fourth-order valence-electron chi connectivity index (χ4n) is 5.20. The van der Waals surface area contributed by atoms with Crippen molar-refractivity contribution in [1.82, 2.24) is 29.1 Å². The van der Waals surface area contributed by atoms with Crippen molar-refractivity contribution in [2.75, 3.05) is 24.7 Å². The molecule has 0 aromatic carbocycles. The Balaban J connectivity index is 0.000000316. The molecule has 324 valence electrons. The second-order valence-corrected chi connectivity index (χ2v) is 14.5. The number of nitrogens with two attached hydrogens (primary N) is 2. The number of rotatable bonds is 6. The lowest BCUT2D eigenvalue weighted by molar-refractivity contribution is -0.746. The van der Waals surface area contributed by atoms with Crippen molar-refractivity contribution < 1.29 is 117 Å². The highest BCUT2D eigenvalue weighted by Crippen LogP contribution is 2.34. The Hall–Kier alpha value is -3.69. The Bertz CT molecular complexity index is 2110. The molecule has 2 saturated heterocycles. The summed E-state index contributed by atoms with van der Waals surface area (Å²) in [6.45, 7) is -1.15. The van der Waals surface area contributed by atoms with Gasteiger partial charge in [0.25, 0.3) is 27.5 Å². The standard InChI is InChI=1S/C11H16N5O8P.C11H15N5O5.2H3O4P.H2O/c1-15-3-16(8-5(15)9(19)14-11(12)13-8)10-7(18)6(17)4(24-10)2-23-25(20,21)22;1-15-3-16(8-5(15)9(20)14-11(12)13-8)10-7(19)6(18)4(2-17)21-10;2*1-5(2,3)4;/h3-4,6-7,10,17-18H,2H2,1H3,(H4-,12,13,14,19,20,21,22);3-4,6-7,10,17-19H,2H2,1H3,(H2-,12,13,14,20);2*(H3,1,2,3,4);1H2/p-4/t2*4-,6?,7+,10-;;;/m11.../s1. The first kappa shape index (κ1) is 49.5. The second kappa shape index (κ2) is 18.9. The van der Waals surface area contributed by atoms with Gasteiger partial charge in [-0.2, -0.15) is 0 Å². The second-order valence-electron chi connectivity index (χ2n) is 11.4. The summed E-state index contributed by atoms with van der Waals surface area (Å²) in [4.78, 5) is 81.5. The minimum atomic E-state index is -5.14. The van der Waals surface area contributed by atoms with E-state index in [0.29, 0.717) is 0 Å². The van der Waals surface area contributed by atoms with Gasteiger partial charge in [-0.3, -0.25) is 18.3 Å². The van der Waals surface area contributed by atoms with Crippen molar-refractivity contribution in [2.24, 2.45) is 14.1 Å². The van der Waals surface area contributed by atoms with Crippen LogP contribution in [0.2, 0.25) is 0 Å². The third-order valence-corrected chi connectivity index (χ3v) is 7.77. The zero-order chi connectivity index (χ0) is 42.8. The number of aryl methyl sites for hydroxylation is 2. The van der Waals surface area contributed by atoms with Crippen LogP contribution >= 0.6 is 23.5 Å². The lowest BCUT2D eigenvalue weighted by Gasteiger charge is -2.19. The average molecular weight is 884 g/mol. The number of hydrogen-bond acceptors (Lipinski definition) is 23. The molecule has 0 saturated carbocycles. The van der Waals surface area contributed by atoms with Gasteiger partial charge < -0.3 is 110 Å². The van der Waals surface area contributed by atoms with E-state index in [4.69, 9.17) is 69.4 Å². The molecular weight excluding hydrogens is 849 g/mol. The van der Waals surface area contributed by atoms with E-state index in [1.807, 2.05) is 0 Å². The molecule has 0 aliphatic carbocycles. The summed E-state index contributed by atoms with van der Waals surface area (Å²) in [5, 5.41) is 73.0. The number of aliphatic hydroxyl groups is 5. The van der Waals surface area contributed by atoms with Gasteiger partial charge >= 0.3 is 11.3 Å². The van der Waals surface area contributed by atoms with Gasteiger partial charge in [-0.15, -0.1) is 0 Å². The van der Waals surface area contributed by atoms with Crippen molar-refractivity contribution in [3.63, 3.8) is 0 Å². The molecule has 4 aromatic rings. The van der Waals surface area contributed by atoms with Crippen LogP contribution in [0, 0.1) is 0 Å². The summed E-state index contributed by atoms with van der Waals surface area (Å²) < 4.78 is 48.7. The Morgan fingerprint density at radius 2 is 1.07 bits per heavy atom. The van der Waals surface area contributed by atoms with Crippen LogP contribution in [0.1, 0.15) is 12.5 Å². The Morgan fingerprint density at radius 3 is 1.39 bits per heavy atom. The minimum absolute atomic E-state index is 0. The molecule has 0 radical (unpaired) electrons. The molecule has 0 spiro atoms. The number of phosphoric acid groups is 3. The summed E-state index contributed by atoms with van der Waals surface area (Å²) in [7, 11) is -11.9. The summed E-state index contributed by atoms with van der Waals surface area (Å²) in [6.07, 6.45) is -7.00. The van der Waals surface area contributed by atoms with Crippen LogP contribution in [-0.4, -0.2) is 129 Å². The first-order valence-corrected chi connectivity index (χ1v) is 19.3. The van der Waals surface area contributed by atoms with Crippen LogP contribution in [-0.2, 0) is 41.8 Å². The number of nitrogen functional groups attached to an aromatic ring is 2. The zero-order valence-corrected chi connectivity index (χ0v) is 31.4. The maximum Gasteiger partial charge on any atom is 0.309 e. The topological polar surface area (TPSA) is 552 Å². The van der Waals surface area contributed by atoms with E-state index in [-0.39, 0.29) is 39.7 Å². The SMILES string of the molecule is Cn1c[n+]([C@@H]2O[C@H](CO)C(O)[C@@H]2O)c2nc(N)nc([O-])c21.Cn1c[n+]([C@@H]2O[C@H](COP(=O)([O-])O)C(O)[C@@H]2O)c2nc(N)nc([O-])c21.O.O=P([O-])(O)O.O=P([O-])([O-])O. The number of anilines is 2. The summed E-state index contributed by atoms with van der Waals surface area (Å²) in [5.74, 6) is -1.66. The minimum Gasteiger partial charge on any atom is -0.856 e. The molecule has 2 aliphatic heterocycles. The van der Waals surface area contributed by atoms with Crippen LogP contribution in [0.15, 0.2) is 12.7 Å². The highest BCUT2D eigenvalue weighted by molar-refractivity contribution is 7.44. The van der Waals surface area contributed by atoms with E-state index in [1.54, 1.807) is 7.05 Å². The molecule has 57 heavy (non-hydrogen) atoms. The van der Waals surface area contributed by atoms with Gasteiger partial charge in [0.05, 0.1) is 35.1 Å². The van der Waals surface area contributed by atoms with Crippen LogP contribution in [0.25, 0.3) is 22.3 Å². The van der Waals surface area contributed by atoms with Gasteiger partial charge in [-0.05, 0) is 0 Å². The molecule has 0 amide bonds. The fourth-order valence-corrected chi connectivity index (χ4v) is 5.54. The number of nitrogens with zero attached hydrogens (tertiary/aromatic N) is 8. The van der Waals surface area contributed by atoms with Crippen molar-refractivity contribution in [3.05, 3.63) is 12.7 Å². The van der Waals surface area contributed by atoms with Gasteiger partial charge in [0.2, 0.25) is 12.5 Å². The summed E-state index contributed by atoms with van der Waals surface area (Å²) in [6, 6.07) is 0. The van der Waals surface area contributed by atoms with Crippen LogP contribution in [0.3, 0.4) is 0 Å². The number of hydrogen-bond donors (Lipinski definition) is 11. The zero-order valence-electron chi connectivity index (χ0n) is 28.7. The quantitative estimate of drug-likeness (QED) is 0.0632. The molecule has 35 heteroatoms. The van der Waals surface area contributed by atoms with Crippen LogP contribution < -0.4 is 50.4 Å². The van der Waals surface area contributed by atoms with Crippen molar-refractivity contribution >= 4 is 57.7 Å². The number of aliphatic hydroxyl groups excluding tert-OH is 5. The molecule has 0 bridgehead atoms. The van der Waals surface area contributed by atoms with E-state index in [9.17, 15) is 40.1 Å². The first-order valence-electron chi connectivity index (χ1n) is 14.8. The number of fused-ring (bicyclic) bond motifs is 2. The molecule has 2 fully saturated rings. The molecule has 6 heterocycles. The van der Waals surface area contributed by atoms with Crippen molar-refractivity contribution in [2.45, 2.75) is 49.1 Å². The monoisotopic (exact) mass is 884 g/mol. The number of aromatic nitrogens is 8. The molecule has 3 unspecified atom stereocenters. The average Bonchev–Trinajstić information content (AvgIpc) is 3.71.